The van der Waals surface area contributed by atoms with Crippen molar-refractivity contribution in [1.29, 1.82) is 0 Å². The first-order chi connectivity index (χ1) is 7.83. The molecule has 2 fully saturated rings. The number of ether oxygens (including phenoxy) is 1. The highest BCUT2D eigenvalue weighted by molar-refractivity contribution is 5.42. The van der Waals surface area contributed by atoms with Crippen LogP contribution in [0, 0.1) is 11.9 Å². The van der Waals surface area contributed by atoms with Crippen LogP contribution in [0.25, 0.3) is 0 Å². The molecule has 1 aliphatic carbocycles. The normalized spacial score (nSPS) is 29.3. The van der Waals surface area contributed by atoms with E-state index < -0.39 is 5.95 Å². The summed E-state index contributed by atoms with van der Waals surface area (Å²) in [5.41, 5.74) is 0.800. The molecule has 2 unspecified atom stereocenters. The van der Waals surface area contributed by atoms with Crippen molar-refractivity contribution in [1.82, 2.24) is 4.98 Å². The summed E-state index contributed by atoms with van der Waals surface area (Å²) >= 11 is 0. The molecule has 0 amide bonds. The quantitative estimate of drug-likeness (QED) is 0.796. The van der Waals surface area contributed by atoms with E-state index in [9.17, 15) is 4.39 Å². The van der Waals surface area contributed by atoms with Gasteiger partial charge in [-0.3, -0.25) is 0 Å². The molecule has 1 aromatic rings. The molecule has 1 aliphatic heterocycles. The maximum absolute atomic E-state index is 12.9. The molecule has 3 nitrogen and oxygen atoms in total. The van der Waals surface area contributed by atoms with Gasteiger partial charge in [0.25, 0.3) is 0 Å². The first kappa shape index (κ1) is 10.0. The number of hydrogen-bond donors (Lipinski definition) is 1. The van der Waals surface area contributed by atoms with Gasteiger partial charge < -0.3 is 10.1 Å². The van der Waals surface area contributed by atoms with Gasteiger partial charge in [0.15, 0.2) is 0 Å². The SMILES string of the molecule is Fc1cc(NC2CCOC2C2CC2)ccn1. The highest BCUT2D eigenvalue weighted by Gasteiger charge is 2.40. The fourth-order valence-electron chi connectivity index (χ4n) is 2.36. The molecule has 4 heteroatoms. The lowest BCUT2D eigenvalue weighted by Gasteiger charge is -2.20. The van der Waals surface area contributed by atoms with Crippen LogP contribution in [-0.2, 0) is 4.74 Å². The summed E-state index contributed by atoms with van der Waals surface area (Å²) in [6.45, 7) is 0.812. The number of pyridine rings is 1. The summed E-state index contributed by atoms with van der Waals surface area (Å²) in [5, 5.41) is 3.35. The fraction of sp³-hybridized carbons (Fsp3) is 0.583. The number of hydrogen-bond acceptors (Lipinski definition) is 3. The molecule has 1 N–H and O–H groups in total. The topological polar surface area (TPSA) is 34.1 Å². The number of anilines is 1. The van der Waals surface area contributed by atoms with Gasteiger partial charge in [0.05, 0.1) is 12.1 Å². The molecule has 0 bridgehead atoms. The van der Waals surface area contributed by atoms with Crippen molar-refractivity contribution in [3.8, 4) is 0 Å². The summed E-state index contributed by atoms with van der Waals surface area (Å²) < 4.78 is 18.6. The van der Waals surface area contributed by atoms with E-state index in [1.54, 1.807) is 6.07 Å². The third-order valence-corrected chi connectivity index (χ3v) is 3.30. The van der Waals surface area contributed by atoms with Crippen LogP contribution in [-0.4, -0.2) is 23.7 Å². The summed E-state index contributed by atoms with van der Waals surface area (Å²) in [4.78, 5) is 3.54. The van der Waals surface area contributed by atoms with E-state index >= 15 is 0 Å². The Morgan fingerprint density at radius 3 is 3.00 bits per heavy atom. The van der Waals surface area contributed by atoms with Gasteiger partial charge >= 0.3 is 0 Å². The smallest absolute Gasteiger partial charge is 0.214 e. The second-order valence-electron chi connectivity index (χ2n) is 4.58. The third kappa shape index (κ3) is 2.02. The van der Waals surface area contributed by atoms with Crippen LogP contribution in [0.4, 0.5) is 10.1 Å². The molecule has 0 aromatic carbocycles. The van der Waals surface area contributed by atoms with Gasteiger partial charge in [0.1, 0.15) is 0 Å². The predicted molar refractivity (Wildman–Crippen MR) is 58.7 cm³/mol. The lowest BCUT2D eigenvalue weighted by molar-refractivity contribution is 0.0898. The van der Waals surface area contributed by atoms with Crippen molar-refractivity contribution >= 4 is 5.69 Å². The minimum absolute atomic E-state index is 0.316. The molecule has 2 atom stereocenters. The molecule has 2 aliphatic rings. The summed E-state index contributed by atoms with van der Waals surface area (Å²) in [6.07, 6.45) is 5.35. The van der Waals surface area contributed by atoms with E-state index in [0.717, 1.165) is 18.7 Å². The third-order valence-electron chi connectivity index (χ3n) is 3.30. The van der Waals surface area contributed by atoms with Gasteiger partial charge in [-0.25, -0.2) is 4.98 Å². The van der Waals surface area contributed by atoms with Crippen LogP contribution in [0.2, 0.25) is 0 Å². The van der Waals surface area contributed by atoms with Gasteiger partial charge in [0, 0.05) is 24.6 Å². The largest absolute Gasteiger partial charge is 0.379 e. The molecule has 16 heavy (non-hydrogen) atoms. The van der Waals surface area contributed by atoms with Crippen molar-refractivity contribution in [3.05, 3.63) is 24.3 Å². The van der Waals surface area contributed by atoms with E-state index in [4.69, 9.17) is 4.74 Å². The molecule has 86 valence electrons. The van der Waals surface area contributed by atoms with Gasteiger partial charge in [0.2, 0.25) is 5.95 Å². The van der Waals surface area contributed by atoms with E-state index in [-0.39, 0.29) is 0 Å². The molecule has 0 spiro atoms. The van der Waals surface area contributed by atoms with Crippen LogP contribution in [0.15, 0.2) is 18.3 Å². The zero-order valence-electron chi connectivity index (χ0n) is 9.03. The van der Waals surface area contributed by atoms with Gasteiger partial charge in [-0.05, 0) is 31.2 Å². The Hall–Kier alpha value is -1.16. The maximum Gasteiger partial charge on any atom is 0.214 e. The minimum Gasteiger partial charge on any atom is -0.379 e. The van der Waals surface area contributed by atoms with Crippen molar-refractivity contribution in [2.45, 2.75) is 31.4 Å². The Bertz CT molecular complexity index is 381. The first-order valence-electron chi connectivity index (χ1n) is 5.82. The zero-order valence-corrected chi connectivity index (χ0v) is 9.03. The molecule has 3 rings (SSSR count). The molecular formula is C12H15FN2O. The van der Waals surface area contributed by atoms with Crippen molar-refractivity contribution < 1.29 is 9.13 Å². The number of nitrogens with zero attached hydrogens (tertiary/aromatic N) is 1. The van der Waals surface area contributed by atoms with Crippen LogP contribution in [0.1, 0.15) is 19.3 Å². The zero-order chi connectivity index (χ0) is 11.0. The highest BCUT2D eigenvalue weighted by atomic mass is 19.1. The lowest BCUT2D eigenvalue weighted by Crippen LogP contribution is -2.30. The van der Waals surface area contributed by atoms with Crippen LogP contribution in [0.3, 0.4) is 0 Å². The molecule has 1 saturated carbocycles. The first-order valence-corrected chi connectivity index (χ1v) is 5.82. The van der Waals surface area contributed by atoms with Crippen molar-refractivity contribution in [3.63, 3.8) is 0 Å². The lowest BCUT2D eigenvalue weighted by atomic mass is 10.1. The Kier molecular flexibility index (Phi) is 2.52. The number of halogens is 1. The van der Waals surface area contributed by atoms with Crippen molar-refractivity contribution in [2.75, 3.05) is 11.9 Å². The Balaban J connectivity index is 1.69. The number of nitrogens with one attached hydrogen (secondary N) is 1. The number of rotatable bonds is 3. The van der Waals surface area contributed by atoms with E-state index in [0.29, 0.717) is 18.1 Å². The summed E-state index contributed by atoms with van der Waals surface area (Å²) in [5.74, 6) is 0.276. The summed E-state index contributed by atoms with van der Waals surface area (Å²) in [6, 6.07) is 3.56. The van der Waals surface area contributed by atoms with E-state index in [2.05, 4.69) is 10.3 Å². The highest BCUT2D eigenvalue weighted by Crippen LogP contribution is 2.39. The Labute approximate surface area is 94.0 Å². The average Bonchev–Trinajstić information content (AvgIpc) is 3.00. The standard InChI is InChI=1S/C12H15FN2O/c13-11-7-9(3-5-14-11)15-10-4-6-16-12(10)8-1-2-8/h3,5,7-8,10,12H,1-2,4,6H2,(H,14,15). The second kappa shape index (κ2) is 4.01. The van der Waals surface area contributed by atoms with Gasteiger partial charge in [-0.2, -0.15) is 4.39 Å². The minimum atomic E-state index is -0.438. The fourth-order valence-corrected chi connectivity index (χ4v) is 2.36. The summed E-state index contributed by atoms with van der Waals surface area (Å²) in [7, 11) is 0. The number of aromatic nitrogens is 1. The van der Waals surface area contributed by atoms with Gasteiger partial charge in [-0.15, -0.1) is 0 Å². The molecular weight excluding hydrogens is 207 g/mol. The van der Waals surface area contributed by atoms with Crippen LogP contribution < -0.4 is 5.32 Å². The van der Waals surface area contributed by atoms with Crippen LogP contribution in [0.5, 0.6) is 0 Å². The van der Waals surface area contributed by atoms with E-state index in [1.165, 1.54) is 25.1 Å². The van der Waals surface area contributed by atoms with Gasteiger partial charge in [-0.1, -0.05) is 0 Å². The Morgan fingerprint density at radius 2 is 2.25 bits per heavy atom. The van der Waals surface area contributed by atoms with E-state index in [1.807, 2.05) is 0 Å². The second-order valence-corrected chi connectivity index (χ2v) is 4.58. The monoisotopic (exact) mass is 222 g/mol. The van der Waals surface area contributed by atoms with Crippen molar-refractivity contribution in [2.24, 2.45) is 5.92 Å². The van der Waals surface area contributed by atoms with Crippen LogP contribution >= 0.6 is 0 Å². The Morgan fingerprint density at radius 1 is 1.38 bits per heavy atom. The molecule has 2 heterocycles. The molecule has 1 aromatic heterocycles. The molecule has 0 radical (unpaired) electrons. The maximum atomic E-state index is 12.9. The predicted octanol–water partition coefficient (Wildman–Crippen LogP) is 2.20. The molecule has 1 saturated heterocycles. The average molecular weight is 222 g/mol.